The van der Waals surface area contributed by atoms with Gasteiger partial charge in [0.25, 0.3) is 0 Å². The highest BCUT2D eigenvalue weighted by atomic mass is 32.2. The molecule has 2 rings (SSSR count). The molecule has 2 aromatic rings. The molecule has 0 aliphatic carbocycles. The number of sulfonamides is 1. The van der Waals surface area contributed by atoms with Crippen molar-refractivity contribution in [2.24, 2.45) is 0 Å². The van der Waals surface area contributed by atoms with E-state index in [-0.39, 0.29) is 10.8 Å². The Morgan fingerprint density at radius 2 is 2.04 bits per heavy atom. The molecule has 0 spiro atoms. The van der Waals surface area contributed by atoms with Crippen molar-refractivity contribution in [3.63, 3.8) is 0 Å². The zero-order valence-corrected chi connectivity index (χ0v) is 15.3. The second-order valence-corrected chi connectivity index (χ2v) is 9.11. The molecule has 1 aromatic heterocycles. The molecule has 5 nitrogen and oxygen atoms in total. The molecule has 0 saturated heterocycles. The van der Waals surface area contributed by atoms with E-state index >= 15 is 0 Å². The zero-order chi connectivity index (χ0) is 16.9. The minimum Gasteiger partial charge on any atom is -0.325 e. The first kappa shape index (κ1) is 18.0. The number of nitrogens with one attached hydrogen (secondary N) is 1. The number of nitrogens with zero attached hydrogens (tertiary/aromatic N) is 1. The molecule has 1 amide bonds. The lowest BCUT2D eigenvalue weighted by molar-refractivity contribution is -0.113. The van der Waals surface area contributed by atoms with Gasteiger partial charge in [0.1, 0.15) is 0 Å². The molecule has 8 heteroatoms. The summed E-state index contributed by atoms with van der Waals surface area (Å²) in [6.07, 6.45) is 0. The second-order valence-electron chi connectivity index (χ2n) is 4.94. The summed E-state index contributed by atoms with van der Waals surface area (Å²) in [6, 6.07) is 10.3. The van der Waals surface area contributed by atoms with Crippen LogP contribution < -0.4 is 5.32 Å². The third-order valence-electron chi connectivity index (χ3n) is 2.95. The van der Waals surface area contributed by atoms with E-state index in [1.54, 1.807) is 23.5 Å². The first-order chi connectivity index (χ1) is 10.9. The maximum atomic E-state index is 12.1. The predicted molar refractivity (Wildman–Crippen MR) is 96.4 cm³/mol. The molecule has 124 valence electrons. The molecule has 0 fully saturated rings. The second kappa shape index (κ2) is 7.96. The molecular formula is C15H18N2O3S3. The molecule has 0 radical (unpaired) electrons. The molecule has 1 N–H and O–H groups in total. The topological polar surface area (TPSA) is 66.5 Å². The number of hydrogen-bond acceptors (Lipinski definition) is 5. The molecular weight excluding hydrogens is 352 g/mol. The van der Waals surface area contributed by atoms with Crippen molar-refractivity contribution >= 4 is 44.7 Å². The number of amides is 1. The van der Waals surface area contributed by atoms with Crippen molar-refractivity contribution in [1.29, 1.82) is 0 Å². The summed E-state index contributed by atoms with van der Waals surface area (Å²) in [5.41, 5.74) is 0.481. The van der Waals surface area contributed by atoms with Crippen molar-refractivity contribution in [3.8, 4) is 0 Å². The number of rotatable bonds is 7. The van der Waals surface area contributed by atoms with Crippen LogP contribution in [0.2, 0.25) is 0 Å². The van der Waals surface area contributed by atoms with Crippen LogP contribution in [0.5, 0.6) is 0 Å². The normalized spacial score (nSPS) is 11.6. The van der Waals surface area contributed by atoms with E-state index in [0.29, 0.717) is 11.4 Å². The fourth-order valence-electron chi connectivity index (χ4n) is 1.78. The fourth-order valence-corrected chi connectivity index (χ4v) is 4.40. The van der Waals surface area contributed by atoms with Gasteiger partial charge in [-0.15, -0.1) is 23.1 Å². The summed E-state index contributed by atoms with van der Waals surface area (Å²) in [5, 5.41) is 4.74. The third kappa shape index (κ3) is 5.07. The summed E-state index contributed by atoms with van der Waals surface area (Å²) in [5.74, 6) is 0.967. The Morgan fingerprint density at radius 1 is 1.26 bits per heavy atom. The number of thiophene rings is 1. The van der Waals surface area contributed by atoms with Crippen molar-refractivity contribution in [1.82, 2.24) is 4.31 Å². The number of benzene rings is 1. The van der Waals surface area contributed by atoms with E-state index in [9.17, 15) is 13.2 Å². The van der Waals surface area contributed by atoms with Crippen molar-refractivity contribution in [3.05, 3.63) is 46.7 Å². The maximum absolute atomic E-state index is 12.1. The van der Waals surface area contributed by atoms with Crippen molar-refractivity contribution in [2.75, 3.05) is 25.2 Å². The van der Waals surface area contributed by atoms with Gasteiger partial charge in [0.15, 0.2) is 0 Å². The maximum Gasteiger partial charge on any atom is 0.242 e. The van der Waals surface area contributed by atoms with Crippen LogP contribution in [0.4, 0.5) is 5.69 Å². The fraction of sp³-hybridized carbons (Fsp3) is 0.267. The highest BCUT2D eigenvalue weighted by molar-refractivity contribution is 7.99. The monoisotopic (exact) mass is 370 g/mol. The van der Waals surface area contributed by atoms with Gasteiger partial charge in [0.05, 0.1) is 10.6 Å². The van der Waals surface area contributed by atoms with E-state index in [0.717, 1.165) is 10.1 Å². The lowest BCUT2D eigenvalue weighted by Crippen LogP contribution is -2.22. The van der Waals surface area contributed by atoms with E-state index in [2.05, 4.69) is 5.32 Å². The highest BCUT2D eigenvalue weighted by Crippen LogP contribution is 2.19. The smallest absolute Gasteiger partial charge is 0.242 e. The SMILES string of the molecule is CN(C)S(=O)(=O)c1cccc(NC(=O)CSCc2cccs2)c1. The number of carbonyl (C=O) groups excluding carboxylic acids is 1. The molecule has 0 aliphatic heterocycles. The third-order valence-corrected chi connectivity index (χ3v) is 6.81. The van der Waals surface area contributed by atoms with Crippen LogP contribution in [-0.2, 0) is 20.6 Å². The molecule has 0 unspecified atom stereocenters. The molecule has 23 heavy (non-hydrogen) atoms. The Bertz CT molecular complexity index is 756. The van der Waals surface area contributed by atoms with Crippen molar-refractivity contribution < 1.29 is 13.2 Å². The Hall–Kier alpha value is -1.35. The predicted octanol–water partition coefficient (Wildman–Crippen LogP) is 2.87. The molecule has 0 bridgehead atoms. The molecule has 1 heterocycles. The van der Waals surface area contributed by atoms with Gasteiger partial charge >= 0.3 is 0 Å². The number of thioether (sulfide) groups is 1. The first-order valence-electron chi connectivity index (χ1n) is 6.82. The summed E-state index contributed by atoms with van der Waals surface area (Å²) in [7, 11) is -0.556. The average molecular weight is 371 g/mol. The zero-order valence-electron chi connectivity index (χ0n) is 12.9. The van der Waals surface area contributed by atoms with Crippen LogP contribution in [0, 0.1) is 0 Å². The minimum atomic E-state index is -3.50. The molecule has 0 atom stereocenters. The molecule has 0 aliphatic rings. The minimum absolute atomic E-state index is 0.147. The lowest BCUT2D eigenvalue weighted by atomic mass is 10.3. The van der Waals surface area contributed by atoms with Crippen LogP contribution in [0.3, 0.4) is 0 Å². The van der Waals surface area contributed by atoms with Gasteiger partial charge in [-0.1, -0.05) is 12.1 Å². The van der Waals surface area contributed by atoms with Gasteiger partial charge < -0.3 is 5.32 Å². The largest absolute Gasteiger partial charge is 0.325 e. The number of anilines is 1. The summed E-state index contributed by atoms with van der Waals surface area (Å²) < 4.78 is 25.3. The van der Waals surface area contributed by atoms with Gasteiger partial charge in [-0.25, -0.2) is 12.7 Å². The molecule has 0 saturated carbocycles. The van der Waals surface area contributed by atoms with Gasteiger partial charge in [-0.2, -0.15) is 0 Å². The number of carbonyl (C=O) groups is 1. The standard InChI is InChI=1S/C15H18N2O3S3/c1-17(2)23(19,20)14-7-3-5-12(9-14)16-15(18)11-21-10-13-6-4-8-22-13/h3-9H,10-11H2,1-2H3,(H,16,18). The van der Waals surface area contributed by atoms with Gasteiger partial charge in [-0.3, -0.25) is 4.79 Å². The van der Waals surface area contributed by atoms with E-state index < -0.39 is 10.0 Å². The van der Waals surface area contributed by atoms with Crippen LogP contribution >= 0.6 is 23.1 Å². The van der Waals surface area contributed by atoms with Gasteiger partial charge in [-0.05, 0) is 29.6 Å². The number of hydrogen-bond donors (Lipinski definition) is 1. The summed E-state index contributed by atoms with van der Waals surface area (Å²) in [4.78, 5) is 13.3. The Kier molecular flexibility index (Phi) is 6.23. The van der Waals surface area contributed by atoms with Crippen LogP contribution in [0.15, 0.2) is 46.7 Å². The van der Waals surface area contributed by atoms with E-state index in [4.69, 9.17) is 0 Å². The van der Waals surface area contributed by atoms with Crippen LogP contribution in [-0.4, -0.2) is 38.5 Å². The van der Waals surface area contributed by atoms with Crippen LogP contribution in [0.25, 0.3) is 0 Å². The first-order valence-corrected chi connectivity index (χ1v) is 10.3. The van der Waals surface area contributed by atoms with Crippen LogP contribution in [0.1, 0.15) is 4.88 Å². The Morgan fingerprint density at radius 3 is 2.70 bits per heavy atom. The quantitative estimate of drug-likeness (QED) is 0.814. The summed E-state index contributed by atoms with van der Waals surface area (Å²) >= 11 is 3.19. The van der Waals surface area contributed by atoms with Gasteiger partial charge in [0.2, 0.25) is 15.9 Å². The van der Waals surface area contributed by atoms with E-state index in [1.807, 2.05) is 17.5 Å². The van der Waals surface area contributed by atoms with Gasteiger partial charge in [0, 0.05) is 30.4 Å². The summed E-state index contributed by atoms with van der Waals surface area (Å²) in [6.45, 7) is 0. The Labute approximate surface area is 144 Å². The molecule has 1 aromatic carbocycles. The van der Waals surface area contributed by atoms with Crippen molar-refractivity contribution in [2.45, 2.75) is 10.6 Å². The van der Waals surface area contributed by atoms with E-state index in [1.165, 1.54) is 42.9 Å². The lowest BCUT2D eigenvalue weighted by Gasteiger charge is -2.12. The Balaban J connectivity index is 1.93. The average Bonchev–Trinajstić information content (AvgIpc) is 3.00. The highest BCUT2D eigenvalue weighted by Gasteiger charge is 2.17.